The molecule has 2 N–H and O–H groups in total. The molecule has 0 amide bonds. The summed E-state index contributed by atoms with van der Waals surface area (Å²) in [5.74, 6) is -0.866. The third-order valence-electron chi connectivity index (χ3n) is 2.60. The molecule has 92 valence electrons. The van der Waals surface area contributed by atoms with Crippen molar-refractivity contribution in [2.24, 2.45) is 0 Å². The summed E-state index contributed by atoms with van der Waals surface area (Å²) in [7, 11) is 0. The van der Waals surface area contributed by atoms with Crippen LogP contribution in [-0.2, 0) is 4.79 Å². The van der Waals surface area contributed by atoms with E-state index in [1.807, 2.05) is 24.3 Å². The fourth-order valence-electron chi connectivity index (χ4n) is 1.47. The van der Waals surface area contributed by atoms with Gasteiger partial charge in [0.25, 0.3) is 0 Å². The van der Waals surface area contributed by atoms with Gasteiger partial charge in [-0.05, 0) is 47.8 Å². The predicted octanol–water partition coefficient (Wildman–Crippen LogP) is 3.67. The molecule has 0 aliphatic rings. The largest absolute Gasteiger partial charge is 0.480 e. The number of anilines is 1. The average Bonchev–Trinajstić information content (AvgIpc) is 2.29. The van der Waals surface area contributed by atoms with Crippen LogP contribution in [-0.4, -0.2) is 16.6 Å². The maximum atomic E-state index is 11.3. The van der Waals surface area contributed by atoms with Gasteiger partial charge in [-0.15, -0.1) is 6.58 Å². The lowest BCUT2D eigenvalue weighted by Crippen LogP contribution is -2.43. The number of hydrogen-bond donors (Lipinski definition) is 2. The number of hydrogen-bond acceptors (Lipinski definition) is 2. The van der Waals surface area contributed by atoms with Crippen LogP contribution < -0.4 is 5.32 Å². The highest BCUT2D eigenvalue weighted by atomic mass is 79.9. The highest BCUT2D eigenvalue weighted by Crippen LogP contribution is 2.27. The van der Waals surface area contributed by atoms with E-state index < -0.39 is 11.5 Å². The third kappa shape index (κ3) is 3.60. The van der Waals surface area contributed by atoms with Gasteiger partial charge in [-0.3, -0.25) is 0 Å². The zero-order chi connectivity index (χ0) is 12.9. The van der Waals surface area contributed by atoms with Crippen LogP contribution in [0.2, 0.25) is 0 Å². The van der Waals surface area contributed by atoms with Crippen molar-refractivity contribution in [2.45, 2.75) is 25.3 Å². The number of para-hydroxylation sites is 1. The van der Waals surface area contributed by atoms with Gasteiger partial charge < -0.3 is 10.4 Å². The number of aliphatic carboxylic acids is 1. The number of carboxylic acid groups (broad SMARTS) is 1. The van der Waals surface area contributed by atoms with Gasteiger partial charge in [0.1, 0.15) is 5.54 Å². The lowest BCUT2D eigenvalue weighted by Gasteiger charge is -2.27. The summed E-state index contributed by atoms with van der Waals surface area (Å²) in [5.41, 5.74) is -0.209. The van der Waals surface area contributed by atoms with Crippen molar-refractivity contribution in [3.63, 3.8) is 0 Å². The number of carboxylic acids is 1. The van der Waals surface area contributed by atoms with Gasteiger partial charge in [-0.1, -0.05) is 18.2 Å². The van der Waals surface area contributed by atoms with E-state index in [0.29, 0.717) is 12.8 Å². The molecule has 0 saturated heterocycles. The Bertz CT molecular complexity index is 420. The molecule has 4 heteroatoms. The maximum Gasteiger partial charge on any atom is 0.329 e. The molecule has 0 aromatic heterocycles. The second kappa shape index (κ2) is 5.87. The fraction of sp³-hybridized carbons (Fsp3) is 0.308. The summed E-state index contributed by atoms with van der Waals surface area (Å²) in [5, 5.41) is 12.4. The smallest absolute Gasteiger partial charge is 0.329 e. The minimum Gasteiger partial charge on any atom is -0.480 e. The summed E-state index contributed by atoms with van der Waals surface area (Å²) in [6.45, 7) is 5.30. The van der Waals surface area contributed by atoms with E-state index in [1.165, 1.54) is 0 Å². The first kappa shape index (κ1) is 13.8. The fourth-order valence-corrected chi connectivity index (χ4v) is 1.86. The Kier molecular flexibility index (Phi) is 4.75. The van der Waals surface area contributed by atoms with Crippen molar-refractivity contribution in [1.29, 1.82) is 0 Å². The number of nitrogens with one attached hydrogen (secondary N) is 1. The Labute approximate surface area is 110 Å². The van der Waals surface area contributed by atoms with Crippen LogP contribution in [0.4, 0.5) is 5.69 Å². The van der Waals surface area contributed by atoms with Crippen molar-refractivity contribution in [3.05, 3.63) is 41.4 Å². The van der Waals surface area contributed by atoms with E-state index in [4.69, 9.17) is 0 Å². The SMILES string of the molecule is C=CCCC(C)(Nc1ccccc1Br)C(=O)O. The highest BCUT2D eigenvalue weighted by molar-refractivity contribution is 9.10. The zero-order valence-corrected chi connectivity index (χ0v) is 11.3. The number of rotatable bonds is 6. The summed E-state index contributed by atoms with van der Waals surface area (Å²) >= 11 is 3.39. The van der Waals surface area contributed by atoms with Crippen molar-refractivity contribution >= 4 is 27.6 Å². The Morgan fingerprint density at radius 1 is 1.59 bits per heavy atom. The van der Waals surface area contributed by atoms with E-state index in [0.717, 1.165) is 10.2 Å². The van der Waals surface area contributed by atoms with Crippen LogP contribution in [0.25, 0.3) is 0 Å². The zero-order valence-electron chi connectivity index (χ0n) is 9.74. The summed E-state index contributed by atoms with van der Waals surface area (Å²) < 4.78 is 0.853. The summed E-state index contributed by atoms with van der Waals surface area (Å²) in [4.78, 5) is 11.3. The van der Waals surface area contributed by atoms with E-state index in [9.17, 15) is 9.90 Å². The molecule has 0 bridgehead atoms. The Balaban J connectivity index is 2.90. The van der Waals surface area contributed by atoms with Crippen molar-refractivity contribution in [1.82, 2.24) is 0 Å². The molecule has 1 aromatic carbocycles. The molecule has 1 atom stereocenters. The molecule has 0 fully saturated rings. The Morgan fingerprint density at radius 2 is 2.24 bits per heavy atom. The first-order chi connectivity index (χ1) is 7.99. The third-order valence-corrected chi connectivity index (χ3v) is 3.30. The number of benzene rings is 1. The number of carbonyl (C=O) groups is 1. The second-order valence-electron chi connectivity index (χ2n) is 4.07. The van der Waals surface area contributed by atoms with E-state index >= 15 is 0 Å². The number of halogens is 1. The van der Waals surface area contributed by atoms with Crippen molar-refractivity contribution in [2.75, 3.05) is 5.32 Å². The molecule has 1 aromatic rings. The lowest BCUT2D eigenvalue weighted by atomic mass is 9.95. The van der Waals surface area contributed by atoms with Gasteiger partial charge in [0.15, 0.2) is 0 Å². The molecule has 1 unspecified atom stereocenters. The molecule has 0 radical (unpaired) electrons. The molecular formula is C13H16BrNO2. The van der Waals surface area contributed by atoms with E-state index in [1.54, 1.807) is 13.0 Å². The minimum absolute atomic E-state index is 0.493. The minimum atomic E-state index is -0.988. The quantitative estimate of drug-likeness (QED) is 0.788. The maximum absolute atomic E-state index is 11.3. The number of allylic oxidation sites excluding steroid dienone is 1. The van der Waals surface area contributed by atoms with Crippen molar-refractivity contribution < 1.29 is 9.90 Å². The predicted molar refractivity (Wildman–Crippen MR) is 73.2 cm³/mol. The van der Waals surface area contributed by atoms with Gasteiger partial charge in [0.2, 0.25) is 0 Å². The molecule has 1 rings (SSSR count). The molecule has 0 saturated carbocycles. The summed E-state index contributed by atoms with van der Waals surface area (Å²) in [6.07, 6.45) is 2.87. The highest BCUT2D eigenvalue weighted by Gasteiger charge is 2.32. The van der Waals surface area contributed by atoms with Gasteiger partial charge in [-0.2, -0.15) is 0 Å². The first-order valence-corrected chi connectivity index (χ1v) is 6.16. The molecule has 0 heterocycles. The first-order valence-electron chi connectivity index (χ1n) is 5.36. The van der Waals surface area contributed by atoms with Crippen LogP contribution in [0, 0.1) is 0 Å². The molecule has 17 heavy (non-hydrogen) atoms. The Hall–Kier alpha value is -1.29. The molecule has 0 aliphatic carbocycles. The van der Waals surface area contributed by atoms with Crippen LogP contribution in [0.15, 0.2) is 41.4 Å². The molecule has 0 spiro atoms. The average molecular weight is 298 g/mol. The van der Waals surface area contributed by atoms with Crippen molar-refractivity contribution in [3.8, 4) is 0 Å². The van der Waals surface area contributed by atoms with Crippen LogP contribution >= 0.6 is 15.9 Å². The molecule has 0 aliphatic heterocycles. The lowest BCUT2D eigenvalue weighted by molar-refractivity contribution is -0.141. The van der Waals surface area contributed by atoms with Gasteiger partial charge in [0.05, 0.1) is 0 Å². The Morgan fingerprint density at radius 3 is 2.76 bits per heavy atom. The van der Waals surface area contributed by atoms with Gasteiger partial charge >= 0.3 is 5.97 Å². The van der Waals surface area contributed by atoms with Crippen LogP contribution in [0.5, 0.6) is 0 Å². The second-order valence-corrected chi connectivity index (χ2v) is 4.92. The van der Waals surface area contributed by atoms with E-state index in [2.05, 4.69) is 27.8 Å². The monoisotopic (exact) mass is 297 g/mol. The molecular weight excluding hydrogens is 282 g/mol. The molecule has 3 nitrogen and oxygen atoms in total. The van der Waals surface area contributed by atoms with Gasteiger partial charge in [0, 0.05) is 10.2 Å². The van der Waals surface area contributed by atoms with Crippen LogP contribution in [0.3, 0.4) is 0 Å². The standard InChI is InChI=1S/C13H16BrNO2/c1-3-4-9-13(2,12(16)17)15-11-8-6-5-7-10(11)14/h3,5-8,15H,1,4,9H2,2H3,(H,16,17). The summed E-state index contributed by atoms with van der Waals surface area (Å²) in [6, 6.07) is 7.47. The van der Waals surface area contributed by atoms with Crippen LogP contribution in [0.1, 0.15) is 19.8 Å². The van der Waals surface area contributed by atoms with Gasteiger partial charge in [-0.25, -0.2) is 4.79 Å². The van der Waals surface area contributed by atoms with E-state index in [-0.39, 0.29) is 0 Å². The topological polar surface area (TPSA) is 49.3 Å². The normalized spacial score (nSPS) is 13.8.